The molecule has 0 aromatic carbocycles. The average molecular weight is 226 g/mol. The molecule has 1 amide bonds. The minimum atomic E-state index is -0.341. The van der Waals surface area contributed by atoms with Crippen molar-refractivity contribution in [3.63, 3.8) is 0 Å². The summed E-state index contributed by atoms with van der Waals surface area (Å²) in [5, 5.41) is 23.5. The molecule has 5 N–H and O–H groups in total. The number of oxime groups is 1. The highest BCUT2D eigenvalue weighted by Gasteiger charge is 2.15. The van der Waals surface area contributed by atoms with Gasteiger partial charge in [-0.25, -0.2) is 0 Å². The van der Waals surface area contributed by atoms with Gasteiger partial charge in [-0.1, -0.05) is 12.1 Å². The normalized spacial score (nSPS) is 13.4. The zero-order valence-electron chi connectivity index (χ0n) is 8.84. The molecule has 1 rings (SSSR count). The standard InChI is InChI=1S/C8H14N6O2/c1-2-5(3-7(9)13-16)11-8(15)6-4-10-14-12-6/h4-5,16H,2-3H2,1H3,(H2,9,13)(H,11,15)(H,10,12,14). The number of aromatic nitrogens is 3. The molecule has 0 aliphatic rings. The fraction of sp³-hybridized carbons (Fsp3) is 0.500. The predicted octanol–water partition coefficient (Wildman–Crippen LogP) is -0.550. The van der Waals surface area contributed by atoms with Gasteiger partial charge in [0.25, 0.3) is 5.91 Å². The Morgan fingerprint density at radius 1 is 1.81 bits per heavy atom. The molecule has 1 aromatic rings. The maximum absolute atomic E-state index is 11.6. The summed E-state index contributed by atoms with van der Waals surface area (Å²) in [4.78, 5) is 11.6. The lowest BCUT2D eigenvalue weighted by Gasteiger charge is -2.14. The lowest BCUT2D eigenvalue weighted by atomic mass is 10.1. The largest absolute Gasteiger partial charge is 0.409 e. The van der Waals surface area contributed by atoms with E-state index in [0.29, 0.717) is 6.42 Å². The van der Waals surface area contributed by atoms with Gasteiger partial charge in [0.1, 0.15) is 5.84 Å². The summed E-state index contributed by atoms with van der Waals surface area (Å²) in [5.74, 6) is -0.265. The number of nitrogens with two attached hydrogens (primary N) is 1. The van der Waals surface area contributed by atoms with Gasteiger partial charge in [-0.3, -0.25) is 4.79 Å². The molecule has 0 saturated heterocycles. The smallest absolute Gasteiger partial charge is 0.273 e. The summed E-state index contributed by atoms with van der Waals surface area (Å²) in [5.41, 5.74) is 5.56. The topological polar surface area (TPSA) is 129 Å². The Hall–Kier alpha value is -2.12. The quantitative estimate of drug-likeness (QED) is 0.232. The van der Waals surface area contributed by atoms with Crippen LogP contribution in [0, 0.1) is 0 Å². The van der Waals surface area contributed by atoms with Crippen LogP contribution < -0.4 is 11.1 Å². The third kappa shape index (κ3) is 3.23. The summed E-state index contributed by atoms with van der Waals surface area (Å²) < 4.78 is 0. The van der Waals surface area contributed by atoms with Gasteiger partial charge in [-0.05, 0) is 6.42 Å². The van der Waals surface area contributed by atoms with Gasteiger partial charge >= 0.3 is 0 Å². The van der Waals surface area contributed by atoms with Gasteiger partial charge in [-0.15, -0.1) is 0 Å². The summed E-state index contributed by atoms with van der Waals surface area (Å²) >= 11 is 0. The van der Waals surface area contributed by atoms with E-state index in [-0.39, 0.29) is 29.9 Å². The minimum absolute atomic E-state index is 0.0762. The Balaban J connectivity index is 2.54. The molecule has 0 aliphatic carbocycles. The molecule has 0 radical (unpaired) electrons. The minimum Gasteiger partial charge on any atom is -0.409 e. The Morgan fingerprint density at radius 2 is 2.56 bits per heavy atom. The molecule has 88 valence electrons. The first-order valence-corrected chi connectivity index (χ1v) is 4.80. The van der Waals surface area contributed by atoms with Crippen molar-refractivity contribution in [2.24, 2.45) is 10.9 Å². The average Bonchev–Trinajstić information content (AvgIpc) is 2.81. The summed E-state index contributed by atoms with van der Waals surface area (Å²) in [6, 6.07) is -0.194. The molecule has 0 fully saturated rings. The van der Waals surface area contributed by atoms with Gasteiger partial charge in [0, 0.05) is 12.5 Å². The summed E-state index contributed by atoms with van der Waals surface area (Å²) in [7, 11) is 0. The summed E-state index contributed by atoms with van der Waals surface area (Å²) in [6.07, 6.45) is 2.28. The number of hydrogen-bond acceptors (Lipinski definition) is 5. The molecular weight excluding hydrogens is 212 g/mol. The van der Waals surface area contributed by atoms with Crippen LogP contribution in [-0.2, 0) is 0 Å². The second-order valence-corrected chi connectivity index (χ2v) is 3.23. The lowest BCUT2D eigenvalue weighted by Crippen LogP contribution is -2.37. The molecule has 0 bridgehead atoms. The van der Waals surface area contributed by atoms with Crippen LogP contribution >= 0.6 is 0 Å². The van der Waals surface area contributed by atoms with E-state index in [0.717, 1.165) is 0 Å². The second kappa shape index (κ2) is 5.69. The Labute approximate surface area is 91.9 Å². The summed E-state index contributed by atoms with van der Waals surface area (Å²) in [6.45, 7) is 1.89. The molecule has 8 heteroatoms. The van der Waals surface area contributed by atoms with E-state index in [1.165, 1.54) is 6.20 Å². The maximum atomic E-state index is 11.6. The first-order chi connectivity index (χ1) is 7.67. The first kappa shape index (κ1) is 12.0. The number of aromatic amines is 1. The lowest BCUT2D eigenvalue weighted by molar-refractivity contribution is 0.0932. The van der Waals surface area contributed by atoms with E-state index >= 15 is 0 Å². The van der Waals surface area contributed by atoms with Crippen molar-refractivity contribution in [3.8, 4) is 0 Å². The Bertz CT molecular complexity index is 361. The van der Waals surface area contributed by atoms with E-state index in [1.807, 2.05) is 6.92 Å². The van der Waals surface area contributed by atoms with Crippen LogP contribution in [0.4, 0.5) is 0 Å². The molecule has 0 spiro atoms. The molecular formula is C8H14N6O2. The number of nitrogens with zero attached hydrogens (tertiary/aromatic N) is 3. The Kier molecular flexibility index (Phi) is 4.25. The fourth-order valence-electron chi connectivity index (χ4n) is 1.16. The first-order valence-electron chi connectivity index (χ1n) is 4.80. The van der Waals surface area contributed by atoms with Crippen LogP contribution in [0.15, 0.2) is 11.4 Å². The number of hydrogen-bond donors (Lipinski definition) is 4. The van der Waals surface area contributed by atoms with E-state index in [2.05, 4.69) is 25.9 Å². The van der Waals surface area contributed by atoms with Gasteiger partial charge in [0.2, 0.25) is 0 Å². The molecule has 0 saturated carbocycles. The van der Waals surface area contributed by atoms with Crippen LogP contribution in [0.25, 0.3) is 0 Å². The highest BCUT2D eigenvalue weighted by Crippen LogP contribution is 1.99. The fourth-order valence-corrected chi connectivity index (χ4v) is 1.16. The second-order valence-electron chi connectivity index (χ2n) is 3.23. The van der Waals surface area contributed by atoms with Crippen LogP contribution in [0.1, 0.15) is 30.3 Å². The number of nitrogens with one attached hydrogen (secondary N) is 2. The van der Waals surface area contributed by atoms with Crippen LogP contribution in [0.2, 0.25) is 0 Å². The van der Waals surface area contributed by atoms with Crippen molar-refractivity contribution in [3.05, 3.63) is 11.9 Å². The van der Waals surface area contributed by atoms with E-state index in [9.17, 15) is 4.79 Å². The maximum Gasteiger partial charge on any atom is 0.273 e. The van der Waals surface area contributed by atoms with Gasteiger partial charge < -0.3 is 16.3 Å². The highest BCUT2D eigenvalue weighted by atomic mass is 16.4. The zero-order valence-corrected chi connectivity index (χ0v) is 8.84. The number of amides is 1. The van der Waals surface area contributed by atoms with Gasteiger partial charge in [-0.2, -0.15) is 15.4 Å². The number of rotatable bonds is 5. The SMILES string of the molecule is CCC(CC(N)=NO)NC(=O)c1cn[nH]n1. The third-order valence-corrected chi connectivity index (χ3v) is 2.06. The molecule has 1 unspecified atom stereocenters. The number of carbonyl (C=O) groups excluding carboxylic acids is 1. The third-order valence-electron chi connectivity index (χ3n) is 2.06. The van der Waals surface area contributed by atoms with Crippen LogP contribution in [-0.4, -0.2) is 38.4 Å². The number of H-pyrrole nitrogens is 1. The molecule has 8 nitrogen and oxygen atoms in total. The van der Waals surface area contributed by atoms with Crippen molar-refractivity contribution in [2.75, 3.05) is 0 Å². The Morgan fingerprint density at radius 3 is 3.06 bits per heavy atom. The molecule has 1 aromatic heterocycles. The van der Waals surface area contributed by atoms with Crippen LogP contribution in [0.5, 0.6) is 0 Å². The van der Waals surface area contributed by atoms with E-state index in [4.69, 9.17) is 10.9 Å². The van der Waals surface area contributed by atoms with Crippen molar-refractivity contribution >= 4 is 11.7 Å². The number of carbonyl (C=O) groups is 1. The highest BCUT2D eigenvalue weighted by molar-refractivity contribution is 5.92. The zero-order chi connectivity index (χ0) is 12.0. The molecule has 16 heavy (non-hydrogen) atoms. The number of amidine groups is 1. The van der Waals surface area contributed by atoms with Crippen molar-refractivity contribution in [2.45, 2.75) is 25.8 Å². The van der Waals surface area contributed by atoms with E-state index in [1.54, 1.807) is 0 Å². The van der Waals surface area contributed by atoms with Crippen molar-refractivity contribution in [1.82, 2.24) is 20.7 Å². The molecule has 0 aliphatic heterocycles. The monoisotopic (exact) mass is 226 g/mol. The molecule has 1 heterocycles. The van der Waals surface area contributed by atoms with Crippen molar-refractivity contribution < 1.29 is 10.0 Å². The predicted molar refractivity (Wildman–Crippen MR) is 56.0 cm³/mol. The molecule has 1 atom stereocenters. The van der Waals surface area contributed by atoms with E-state index < -0.39 is 0 Å². The van der Waals surface area contributed by atoms with Crippen LogP contribution in [0.3, 0.4) is 0 Å². The van der Waals surface area contributed by atoms with Gasteiger partial charge in [0.15, 0.2) is 5.69 Å². The van der Waals surface area contributed by atoms with Crippen molar-refractivity contribution in [1.29, 1.82) is 0 Å². The van der Waals surface area contributed by atoms with Gasteiger partial charge in [0.05, 0.1) is 6.20 Å².